The lowest BCUT2D eigenvalue weighted by Crippen LogP contribution is -2.64. The summed E-state index contributed by atoms with van der Waals surface area (Å²) >= 11 is 0. The standard InChI is InChI=1S/C13H21N5/c1-9-15-12(17(2)3)6-13(16-9)18-8-10-4-5-14-7-11(10)18/h6,10-11,14H,4-5,7-8H2,1-3H3. The molecule has 0 amide bonds. The first-order chi connectivity index (χ1) is 8.65. The second-order valence-corrected chi connectivity index (χ2v) is 5.50. The zero-order chi connectivity index (χ0) is 12.7. The molecular weight excluding hydrogens is 226 g/mol. The van der Waals surface area contributed by atoms with Gasteiger partial charge in [0.25, 0.3) is 0 Å². The van der Waals surface area contributed by atoms with Crippen LogP contribution in [0, 0.1) is 12.8 Å². The number of rotatable bonds is 2. The van der Waals surface area contributed by atoms with Gasteiger partial charge in [-0.05, 0) is 25.8 Å². The Morgan fingerprint density at radius 1 is 1.39 bits per heavy atom. The third kappa shape index (κ3) is 1.92. The molecule has 0 saturated carbocycles. The predicted molar refractivity (Wildman–Crippen MR) is 73.2 cm³/mol. The van der Waals surface area contributed by atoms with Gasteiger partial charge in [-0.3, -0.25) is 0 Å². The lowest BCUT2D eigenvalue weighted by atomic mass is 9.83. The van der Waals surface area contributed by atoms with E-state index in [0.717, 1.165) is 36.5 Å². The van der Waals surface area contributed by atoms with Gasteiger partial charge in [-0.2, -0.15) is 0 Å². The minimum Gasteiger partial charge on any atom is -0.363 e. The predicted octanol–water partition coefficient (Wildman–Crippen LogP) is 0.649. The lowest BCUT2D eigenvalue weighted by Gasteiger charge is -2.51. The van der Waals surface area contributed by atoms with E-state index in [1.54, 1.807) is 0 Å². The number of hydrogen-bond donors (Lipinski definition) is 1. The van der Waals surface area contributed by atoms with Crippen molar-refractivity contribution in [2.24, 2.45) is 5.92 Å². The summed E-state index contributed by atoms with van der Waals surface area (Å²) in [6, 6.07) is 2.72. The van der Waals surface area contributed by atoms with Gasteiger partial charge in [0.15, 0.2) is 0 Å². The Morgan fingerprint density at radius 3 is 2.94 bits per heavy atom. The maximum Gasteiger partial charge on any atom is 0.134 e. The van der Waals surface area contributed by atoms with Gasteiger partial charge in [-0.15, -0.1) is 0 Å². The second kappa shape index (κ2) is 4.39. The van der Waals surface area contributed by atoms with E-state index >= 15 is 0 Å². The second-order valence-electron chi connectivity index (χ2n) is 5.50. The van der Waals surface area contributed by atoms with Crippen molar-refractivity contribution >= 4 is 11.6 Å². The molecule has 1 N–H and O–H groups in total. The highest BCUT2D eigenvalue weighted by Crippen LogP contribution is 2.34. The van der Waals surface area contributed by atoms with Crippen molar-refractivity contribution in [3.8, 4) is 0 Å². The molecule has 2 saturated heterocycles. The number of nitrogens with one attached hydrogen (secondary N) is 1. The molecule has 98 valence electrons. The summed E-state index contributed by atoms with van der Waals surface area (Å²) in [6.45, 7) is 5.37. The van der Waals surface area contributed by atoms with Gasteiger partial charge in [0.1, 0.15) is 17.5 Å². The van der Waals surface area contributed by atoms with Gasteiger partial charge in [0, 0.05) is 39.3 Å². The van der Waals surface area contributed by atoms with Crippen LogP contribution in [0.2, 0.25) is 0 Å². The maximum absolute atomic E-state index is 4.59. The maximum atomic E-state index is 4.59. The van der Waals surface area contributed by atoms with Crippen LogP contribution in [0.3, 0.4) is 0 Å². The van der Waals surface area contributed by atoms with Crippen LogP contribution in [-0.4, -0.2) is 49.7 Å². The Bertz CT molecular complexity index is 445. The van der Waals surface area contributed by atoms with E-state index in [2.05, 4.69) is 26.3 Å². The summed E-state index contributed by atoms with van der Waals surface area (Å²) < 4.78 is 0. The number of piperidine rings is 1. The molecule has 0 aliphatic carbocycles. The Balaban J connectivity index is 1.84. The smallest absolute Gasteiger partial charge is 0.134 e. The number of aryl methyl sites for hydroxylation is 1. The molecule has 18 heavy (non-hydrogen) atoms. The summed E-state index contributed by atoms with van der Waals surface area (Å²) in [5, 5.41) is 3.47. The van der Waals surface area contributed by atoms with Crippen LogP contribution in [0.4, 0.5) is 11.6 Å². The molecule has 1 aromatic rings. The number of fused-ring (bicyclic) bond motifs is 1. The van der Waals surface area contributed by atoms with Gasteiger partial charge in [-0.1, -0.05) is 0 Å². The molecule has 5 heteroatoms. The molecule has 0 radical (unpaired) electrons. The fraction of sp³-hybridized carbons (Fsp3) is 0.692. The molecule has 2 aliphatic rings. The van der Waals surface area contributed by atoms with Gasteiger partial charge in [0.05, 0.1) is 0 Å². The van der Waals surface area contributed by atoms with Crippen LogP contribution < -0.4 is 15.1 Å². The summed E-state index contributed by atoms with van der Waals surface area (Å²) in [5.41, 5.74) is 0. The van der Waals surface area contributed by atoms with Crippen LogP contribution in [-0.2, 0) is 0 Å². The quantitative estimate of drug-likeness (QED) is 0.831. The van der Waals surface area contributed by atoms with Gasteiger partial charge < -0.3 is 15.1 Å². The number of anilines is 2. The Morgan fingerprint density at radius 2 is 2.22 bits per heavy atom. The Kier molecular flexibility index (Phi) is 2.86. The van der Waals surface area contributed by atoms with Crippen LogP contribution in [0.1, 0.15) is 12.2 Å². The van der Waals surface area contributed by atoms with Crippen LogP contribution in [0.5, 0.6) is 0 Å². The van der Waals surface area contributed by atoms with Gasteiger partial charge in [-0.25, -0.2) is 9.97 Å². The fourth-order valence-corrected chi connectivity index (χ4v) is 2.90. The van der Waals surface area contributed by atoms with E-state index in [-0.39, 0.29) is 0 Å². The number of hydrogen-bond acceptors (Lipinski definition) is 5. The third-order valence-electron chi connectivity index (χ3n) is 3.98. The molecule has 1 aromatic heterocycles. The molecular formula is C13H21N5. The normalized spacial score (nSPS) is 26.5. The molecule has 3 heterocycles. The molecule has 2 atom stereocenters. The molecule has 3 rings (SSSR count). The van der Waals surface area contributed by atoms with Crippen molar-refractivity contribution in [1.29, 1.82) is 0 Å². The summed E-state index contributed by atoms with van der Waals surface area (Å²) in [4.78, 5) is 13.5. The first-order valence-electron chi connectivity index (χ1n) is 6.65. The minimum atomic E-state index is 0.628. The first kappa shape index (κ1) is 11.7. The topological polar surface area (TPSA) is 44.3 Å². The molecule has 2 unspecified atom stereocenters. The summed E-state index contributed by atoms with van der Waals surface area (Å²) in [5.74, 6) is 3.77. The van der Waals surface area contributed by atoms with E-state index < -0.39 is 0 Å². The highest BCUT2D eigenvalue weighted by molar-refractivity contribution is 5.53. The Hall–Kier alpha value is -1.36. The fourth-order valence-electron chi connectivity index (χ4n) is 2.90. The van der Waals surface area contributed by atoms with Gasteiger partial charge >= 0.3 is 0 Å². The first-order valence-corrected chi connectivity index (χ1v) is 6.65. The highest BCUT2D eigenvalue weighted by atomic mass is 15.3. The summed E-state index contributed by atoms with van der Waals surface area (Å²) in [7, 11) is 4.04. The number of aromatic nitrogens is 2. The van der Waals surface area contributed by atoms with Crippen molar-refractivity contribution in [1.82, 2.24) is 15.3 Å². The van der Waals surface area contributed by atoms with Crippen molar-refractivity contribution < 1.29 is 0 Å². The van der Waals surface area contributed by atoms with E-state index in [1.807, 2.05) is 25.9 Å². The van der Waals surface area contributed by atoms with E-state index in [1.165, 1.54) is 13.0 Å². The average Bonchev–Trinajstić information content (AvgIpc) is 2.30. The van der Waals surface area contributed by atoms with Gasteiger partial charge in [0.2, 0.25) is 0 Å². The highest BCUT2D eigenvalue weighted by Gasteiger charge is 2.41. The van der Waals surface area contributed by atoms with Crippen LogP contribution in [0.15, 0.2) is 6.07 Å². The molecule has 5 nitrogen and oxygen atoms in total. The molecule has 0 spiro atoms. The third-order valence-corrected chi connectivity index (χ3v) is 3.98. The van der Waals surface area contributed by atoms with Crippen LogP contribution in [0.25, 0.3) is 0 Å². The van der Waals surface area contributed by atoms with Crippen molar-refractivity contribution in [2.75, 3.05) is 43.5 Å². The monoisotopic (exact) mass is 247 g/mol. The lowest BCUT2D eigenvalue weighted by molar-refractivity contribution is 0.227. The van der Waals surface area contributed by atoms with E-state index in [9.17, 15) is 0 Å². The van der Waals surface area contributed by atoms with Crippen molar-refractivity contribution in [3.05, 3.63) is 11.9 Å². The molecule has 2 fully saturated rings. The van der Waals surface area contributed by atoms with E-state index in [4.69, 9.17) is 0 Å². The van der Waals surface area contributed by atoms with Crippen molar-refractivity contribution in [3.63, 3.8) is 0 Å². The molecule has 0 bridgehead atoms. The van der Waals surface area contributed by atoms with Crippen LogP contribution >= 0.6 is 0 Å². The molecule has 0 aromatic carbocycles. The number of nitrogens with zero attached hydrogens (tertiary/aromatic N) is 4. The largest absolute Gasteiger partial charge is 0.363 e. The zero-order valence-electron chi connectivity index (χ0n) is 11.3. The average molecular weight is 247 g/mol. The Labute approximate surface area is 108 Å². The zero-order valence-corrected chi connectivity index (χ0v) is 11.3. The SMILES string of the molecule is Cc1nc(N(C)C)cc(N2CC3CCNCC32)n1. The van der Waals surface area contributed by atoms with E-state index in [0.29, 0.717) is 6.04 Å². The molecule has 2 aliphatic heterocycles. The summed E-state index contributed by atoms with van der Waals surface area (Å²) in [6.07, 6.45) is 1.30. The van der Waals surface area contributed by atoms with Crippen molar-refractivity contribution in [2.45, 2.75) is 19.4 Å². The minimum absolute atomic E-state index is 0.628.